The van der Waals surface area contributed by atoms with Crippen LogP contribution in [-0.4, -0.2) is 43.4 Å². The summed E-state index contributed by atoms with van der Waals surface area (Å²) in [6, 6.07) is 29.2. The van der Waals surface area contributed by atoms with Crippen LogP contribution in [0.5, 0.6) is 0 Å². The third-order valence-electron chi connectivity index (χ3n) is 5.76. The predicted octanol–water partition coefficient (Wildman–Crippen LogP) is 4.45. The molecule has 35 heavy (non-hydrogen) atoms. The average molecular weight is 482 g/mol. The lowest BCUT2D eigenvalue weighted by Crippen LogP contribution is -2.33. The van der Waals surface area contributed by atoms with Crippen molar-refractivity contribution in [1.29, 1.82) is 0 Å². The number of nitrogens with zero attached hydrogens (tertiary/aromatic N) is 4. The average Bonchev–Trinajstić information content (AvgIpc) is 3.34. The smallest absolute Gasteiger partial charge is 0.262 e. The normalized spacial score (nSPS) is 11.1. The van der Waals surface area contributed by atoms with Gasteiger partial charge < -0.3 is 9.88 Å². The summed E-state index contributed by atoms with van der Waals surface area (Å²) in [5.41, 5.74) is 3.03. The van der Waals surface area contributed by atoms with Crippen LogP contribution in [0, 0.1) is 0 Å². The van der Waals surface area contributed by atoms with Gasteiger partial charge in [-0.05, 0) is 23.3 Å². The van der Waals surface area contributed by atoms with E-state index in [-0.39, 0.29) is 23.3 Å². The second-order valence-corrected chi connectivity index (χ2v) is 8.98. The maximum atomic E-state index is 13.3. The minimum atomic E-state index is -0.285. The zero-order chi connectivity index (χ0) is 24.2. The standard InChI is InChI=1S/C27H23N5O2S/c1-31(24(19-11-5-2-6-12-19)20-13-7-3-8-14-20)23(33)18-35-27-29-25-22(26(34)30-27)17-28-32(25)21-15-9-4-10-16-21/h2-17,24H,18H2,1H3,(H,29,30,34). The van der Waals surface area contributed by atoms with Crippen LogP contribution in [0.15, 0.2) is 107 Å². The zero-order valence-corrected chi connectivity index (χ0v) is 19.9. The van der Waals surface area contributed by atoms with E-state index in [1.165, 1.54) is 18.0 Å². The van der Waals surface area contributed by atoms with Crippen molar-refractivity contribution in [3.8, 4) is 5.69 Å². The van der Waals surface area contributed by atoms with Crippen LogP contribution in [0.25, 0.3) is 16.7 Å². The Bertz CT molecular complexity index is 1460. The third kappa shape index (κ3) is 4.74. The molecule has 7 nitrogen and oxygen atoms in total. The first-order valence-electron chi connectivity index (χ1n) is 11.1. The molecule has 0 aliphatic rings. The fourth-order valence-corrected chi connectivity index (χ4v) is 4.79. The second-order valence-electron chi connectivity index (χ2n) is 8.02. The topological polar surface area (TPSA) is 83.9 Å². The van der Waals surface area contributed by atoms with Crippen molar-refractivity contribution in [1.82, 2.24) is 24.6 Å². The van der Waals surface area contributed by atoms with Gasteiger partial charge in [0.2, 0.25) is 5.91 Å². The van der Waals surface area contributed by atoms with E-state index in [0.29, 0.717) is 16.2 Å². The summed E-state index contributed by atoms with van der Waals surface area (Å²) in [7, 11) is 1.80. The monoisotopic (exact) mass is 481 g/mol. The molecule has 0 atom stereocenters. The first-order valence-corrected chi connectivity index (χ1v) is 12.1. The number of hydrogen-bond acceptors (Lipinski definition) is 5. The summed E-state index contributed by atoms with van der Waals surface area (Å²) < 4.78 is 1.63. The van der Waals surface area contributed by atoms with Crippen LogP contribution in [-0.2, 0) is 4.79 Å². The van der Waals surface area contributed by atoms with Crippen molar-refractivity contribution in [2.75, 3.05) is 12.8 Å². The van der Waals surface area contributed by atoms with Gasteiger partial charge in [0, 0.05) is 7.05 Å². The number of nitrogens with one attached hydrogen (secondary N) is 1. The number of fused-ring (bicyclic) bond motifs is 1. The van der Waals surface area contributed by atoms with Gasteiger partial charge in [0.05, 0.1) is 23.7 Å². The van der Waals surface area contributed by atoms with Crippen LogP contribution >= 0.6 is 11.8 Å². The Hall–Kier alpha value is -4.17. The summed E-state index contributed by atoms with van der Waals surface area (Å²) in [6.45, 7) is 0. The molecule has 174 valence electrons. The third-order valence-corrected chi connectivity index (χ3v) is 6.62. The molecule has 5 aromatic rings. The number of amides is 1. The van der Waals surface area contributed by atoms with E-state index in [0.717, 1.165) is 16.8 Å². The van der Waals surface area contributed by atoms with Crippen molar-refractivity contribution >= 4 is 28.7 Å². The number of carbonyl (C=O) groups excluding carboxylic acids is 1. The molecule has 0 fully saturated rings. The summed E-state index contributed by atoms with van der Waals surface area (Å²) in [5.74, 6) is 0.0487. The van der Waals surface area contributed by atoms with Crippen molar-refractivity contribution < 1.29 is 4.79 Å². The van der Waals surface area contributed by atoms with Crippen molar-refractivity contribution in [2.45, 2.75) is 11.2 Å². The Morgan fingerprint density at radius 3 is 2.11 bits per heavy atom. The van der Waals surface area contributed by atoms with Gasteiger partial charge >= 0.3 is 0 Å². The number of aromatic nitrogens is 4. The van der Waals surface area contributed by atoms with E-state index < -0.39 is 0 Å². The Kier molecular flexibility index (Phi) is 6.45. The molecule has 0 saturated heterocycles. The number of hydrogen-bond donors (Lipinski definition) is 1. The lowest BCUT2D eigenvalue weighted by Gasteiger charge is -2.29. The van der Waals surface area contributed by atoms with E-state index >= 15 is 0 Å². The molecular formula is C27H23N5O2S. The first-order chi connectivity index (χ1) is 17.1. The molecule has 2 heterocycles. The maximum absolute atomic E-state index is 13.3. The fraction of sp³-hybridized carbons (Fsp3) is 0.111. The lowest BCUT2D eigenvalue weighted by molar-refractivity contribution is -0.128. The molecule has 0 saturated carbocycles. The molecule has 0 radical (unpaired) electrons. The van der Waals surface area contributed by atoms with E-state index in [1.54, 1.807) is 16.6 Å². The molecule has 3 aromatic carbocycles. The minimum Gasteiger partial charge on any atom is -0.334 e. The largest absolute Gasteiger partial charge is 0.334 e. The Labute approximate surface area is 206 Å². The number of benzene rings is 3. The molecule has 0 spiro atoms. The summed E-state index contributed by atoms with van der Waals surface area (Å²) >= 11 is 1.20. The zero-order valence-electron chi connectivity index (χ0n) is 19.0. The minimum absolute atomic E-state index is 0.0768. The van der Waals surface area contributed by atoms with Crippen molar-refractivity contribution in [3.05, 3.63) is 119 Å². The van der Waals surface area contributed by atoms with E-state index in [2.05, 4.69) is 15.1 Å². The maximum Gasteiger partial charge on any atom is 0.262 e. The van der Waals surface area contributed by atoms with Crippen molar-refractivity contribution in [3.63, 3.8) is 0 Å². The molecule has 1 amide bonds. The van der Waals surface area contributed by atoms with E-state index in [1.807, 2.05) is 91.0 Å². The van der Waals surface area contributed by atoms with Gasteiger partial charge in [-0.2, -0.15) is 5.10 Å². The highest BCUT2D eigenvalue weighted by Gasteiger charge is 2.24. The fourth-order valence-electron chi connectivity index (χ4n) is 4.01. The molecule has 2 aromatic heterocycles. The van der Waals surface area contributed by atoms with Gasteiger partial charge in [-0.15, -0.1) is 0 Å². The molecule has 0 aliphatic heterocycles. The SMILES string of the molecule is CN(C(=O)CSc1nc2c(cnn2-c2ccccc2)c(=O)[nH]1)C(c1ccccc1)c1ccccc1. The predicted molar refractivity (Wildman–Crippen MR) is 138 cm³/mol. The first kappa shape index (κ1) is 22.6. The molecule has 0 unspecified atom stereocenters. The highest BCUT2D eigenvalue weighted by Crippen LogP contribution is 2.28. The lowest BCUT2D eigenvalue weighted by atomic mass is 9.97. The van der Waals surface area contributed by atoms with E-state index in [4.69, 9.17) is 0 Å². The van der Waals surface area contributed by atoms with Gasteiger partial charge in [0.1, 0.15) is 5.39 Å². The number of H-pyrrole nitrogens is 1. The second kappa shape index (κ2) is 9.99. The molecule has 1 N–H and O–H groups in total. The van der Waals surface area contributed by atoms with Gasteiger partial charge in [-0.1, -0.05) is 90.6 Å². The van der Waals surface area contributed by atoms with Gasteiger partial charge in [-0.3, -0.25) is 9.59 Å². The quantitative estimate of drug-likeness (QED) is 0.274. The van der Waals surface area contributed by atoms with Gasteiger partial charge in [0.15, 0.2) is 10.8 Å². The van der Waals surface area contributed by atoms with Gasteiger partial charge in [-0.25, -0.2) is 9.67 Å². The molecule has 0 bridgehead atoms. The summed E-state index contributed by atoms with van der Waals surface area (Å²) in [5, 5.41) is 5.10. The number of rotatable bonds is 7. The number of para-hydroxylation sites is 1. The molecular weight excluding hydrogens is 458 g/mol. The number of carbonyl (C=O) groups is 1. The Morgan fingerprint density at radius 2 is 1.51 bits per heavy atom. The number of aromatic amines is 1. The number of thioether (sulfide) groups is 1. The van der Waals surface area contributed by atoms with E-state index in [9.17, 15) is 9.59 Å². The summed E-state index contributed by atoms with van der Waals surface area (Å²) in [6.07, 6.45) is 1.51. The summed E-state index contributed by atoms with van der Waals surface area (Å²) in [4.78, 5) is 35.0. The van der Waals surface area contributed by atoms with Crippen LogP contribution < -0.4 is 5.56 Å². The van der Waals surface area contributed by atoms with Crippen LogP contribution in [0.1, 0.15) is 17.2 Å². The highest BCUT2D eigenvalue weighted by molar-refractivity contribution is 7.99. The van der Waals surface area contributed by atoms with Crippen LogP contribution in [0.2, 0.25) is 0 Å². The highest BCUT2D eigenvalue weighted by atomic mass is 32.2. The van der Waals surface area contributed by atoms with Crippen LogP contribution in [0.3, 0.4) is 0 Å². The molecule has 0 aliphatic carbocycles. The van der Waals surface area contributed by atoms with Crippen LogP contribution in [0.4, 0.5) is 0 Å². The Balaban J connectivity index is 1.39. The molecule has 5 rings (SSSR count). The Morgan fingerprint density at radius 1 is 0.943 bits per heavy atom. The van der Waals surface area contributed by atoms with Crippen molar-refractivity contribution in [2.24, 2.45) is 0 Å². The molecule has 8 heteroatoms. The van der Waals surface area contributed by atoms with Gasteiger partial charge in [0.25, 0.3) is 5.56 Å².